The number of hydrogen-bond donors (Lipinski definition) is 1. The van der Waals surface area contributed by atoms with Crippen molar-refractivity contribution in [2.24, 2.45) is 0 Å². The van der Waals surface area contributed by atoms with E-state index in [-0.39, 0.29) is 10.8 Å². The summed E-state index contributed by atoms with van der Waals surface area (Å²) in [5.41, 5.74) is 0. The molecular formula is C8H11BrN2O3S. The second-order valence-electron chi connectivity index (χ2n) is 2.66. The Balaban J connectivity index is 3.28. The molecule has 0 radical (unpaired) electrons. The molecule has 0 aromatic carbocycles. The maximum Gasteiger partial charge on any atom is 0.245 e. The van der Waals surface area contributed by atoms with Crippen LogP contribution in [0.2, 0.25) is 0 Å². The molecule has 5 nitrogen and oxygen atoms in total. The molecule has 1 aromatic heterocycles. The highest BCUT2D eigenvalue weighted by Crippen LogP contribution is 2.23. The van der Waals surface area contributed by atoms with Crippen molar-refractivity contribution in [3.8, 4) is 5.88 Å². The van der Waals surface area contributed by atoms with Gasteiger partial charge in [-0.15, -0.1) is 0 Å². The van der Waals surface area contributed by atoms with Crippen LogP contribution in [0.15, 0.2) is 21.6 Å². The molecule has 0 bridgehead atoms. The van der Waals surface area contributed by atoms with Gasteiger partial charge in [-0.2, -0.15) is 0 Å². The maximum absolute atomic E-state index is 11.7. The molecule has 1 heterocycles. The lowest BCUT2D eigenvalue weighted by Gasteiger charge is -2.08. The van der Waals surface area contributed by atoms with Gasteiger partial charge in [-0.25, -0.2) is 18.1 Å². The fraction of sp³-hybridized carbons (Fsp3) is 0.375. The van der Waals surface area contributed by atoms with E-state index in [0.717, 1.165) is 0 Å². The smallest absolute Gasteiger partial charge is 0.245 e. The summed E-state index contributed by atoms with van der Waals surface area (Å²) in [4.78, 5) is 3.89. The third-order valence-electron chi connectivity index (χ3n) is 1.60. The molecule has 15 heavy (non-hydrogen) atoms. The average molecular weight is 295 g/mol. The first-order valence-corrected chi connectivity index (χ1v) is 6.48. The Hall–Kier alpha value is -0.660. The predicted octanol–water partition coefficient (Wildman–Crippen LogP) is 1.15. The number of sulfonamides is 1. The van der Waals surface area contributed by atoms with Gasteiger partial charge in [0.1, 0.15) is 4.90 Å². The molecule has 1 aromatic rings. The molecule has 0 saturated heterocycles. The van der Waals surface area contributed by atoms with Crippen LogP contribution in [0.4, 0.5) is 0 Å². The number of methoxy groups -OCH3 is 1. The third kappa shape index (κ3) is 2.90. The summed E-state index contributed by atoms with van der Waals surface area (Å²) >= 11 is 3.16. The van der Waals surface area contributed by atoms with Gasteiger partial charge in [0.05, 0.1) is 7.11 Å². The zero-order valence-corrected chi connectivity index (χ0v) is 10.7. The fourth-order valence-electron chi connectivity index (χ4n) is 1.02. The Kier molecular flexibility index (Phi) is 4.06. The van der Waals surface area contributed by atoms with Gasteiger partial charge < -0.3 is 4.74 Å². The molecule has 0 aliphatic rings. The van der Waals surface area contributed by atoms with E-state index in [1.807, 2.05) is 0 Å². The van der Waals surface area contributed by atoms with Gasteiger partial charge in [0.25, 0.3) is 0 Å². The van der Waals surface area contributed by atoms with Crippen LogP contribution in [0.5, 0.6) is 5.88 Å². The minimum absolute atomic E-state index is 0.0289. The topological polar surface area (TPSA) is 68.3 Å². The SMILES string of the molecule is CCNS(=O)(=O)c1cc(Br)cnc1OC. The zero-order valence-electron chi connectivity index (χ0n) is 8.32. The number of rotatable bonds is 4. The van der Waals surface area contributed by atoms with E-state index in [1.54, 1.807) is 6.92 Å². The monoisotopic (exact) mass is 294 g/mol. The standard InChI is InChI=1S/C8H11BrN2O3S/c1-3-11-15(12,13)7-4-6(9)5-10-8(7)14-2/h4-5,11H,3H2,1-2H3. The first-order valence-electron chi connectivity index (χ1n) is 4.20. The first-order chi connectivity index (χ1) is 7.01. The zero-order chi connectivity index (χ0) is 11.5. The molecule has 0 saturated carbocycles. The Morgan fingerprint density at radius 1 is 1.60 bits per heavy atom. The fourth-order valence-corrected chi connectivity index (χ4v) is 2.69. The van der Waals surface area contributed by atoms with Crippen LogP contribution in [0.1, 0.15) is 6.92 Å². The summed E-state index contributed by atoms with van der Waals surface area (Å²) in [6.07, 6.45) is 1.48. The Bertz CT molecular complexity index is 447. The molecule has 84 valence electrons. The third-order valence-corrected chi connectivity index (χ3v) is 3.58. The van der Waals surface area contributed by atoms with Gasteiger partial charge in [-0.05, 0) is 22.0 Å². The lowest BCUT2D eigenvalue weighted by Crippen LogP contribution is -2.23. The molecule has 0 unspecified atom stereocenters. The van der Waals surface area contributed by atoms with Crippen molar-refractivity contribution in [2.75, 3.05) is 13.7 Å². The van der Waals surface area contributed by atoms with Gasteiger partial charge in [0.2, 0.25) is 15.9 Å². The summed E-state index contributed by atoms with van der Waals surface area (Å²) in [6.45, 7) is 2.02. The second-order valence-corrected chi connectivity index (χ2v) is 5.31. The normalized spacial score (nSPS) is 11.4. The number of halogens is 1. The van der Waals surface area contributed by atoms with Crippen molar-refractivity contribution in [3.05, 3.63) is 16.7 Å². The van der Waals surface area contributed by atoms with Crippen molar-refractivity contribution in [1.82, 2.24) is 9.71 Å². The summed E-state index contributed by atoms with van der Waals surface area (Å²) in [6, 6.07) is 1.45. The summed E-state index contributed by atoms with van der Waals surface area (Å²) in [5, 5.41) is 0. The van der Waals surface area contributed by atoms with Crippen LogP contribution < -0.4 is 9.46 Å². The second kappa shape index (κ2) is 4.91. The number of hydrogen-bond acceptors (Lipinski definition) is 4. The van der Waals surface area contributed by atoms with E-state index >= 15 is 0 Å². The van der Waals surface area contributed by atoms with Crippen molar-refractivity contribution in [1.29, 1.82) is 0 Å². The predicted molar refractivity (Wildman–Crippen MR) is 59.4 cm³/mol. The number of ether oxygens (including phenoxy) is 1. The molecule has 7 heteroatoms. The maximum atomic E-state index is 11.7. The van der Waals surface area contributed by atoms with Crippen molar-refractivity contribution in [3.63, 3.8) is 0 Å². The Labute approximate surface area is 97.0 Å². The van der Waals surface area contributed by atoms with Gasteiger partial charge in [-0.3, -0.25) is 0 Å². The van der Waals surface area contributed by atoms with E-state index in [0.29, 0.717) is 11.0 Å². The summed E-state index contributed by atoms with van der Waals surface area (Å²) in [5.74, 6) is 0.0825. The highest BCUT2D eigenvalue weighted by atomic mass is 79.9. The van der Waals surface area contributed by atoms with Crippen molar-refractivity contribution < 1.29 is 13.2 Å². The van der Waals surface area contributed by atoms with Crippen LogP contribution in [0, 0.1) is 0 Å². The minimum atomic E-state index is -3.54. The molecule has 0 atom stereocenters. The van der Waals surface area contributed by atoms with E-state index in [2.05, 4.69) is 25.6 Å². The summed E-state index contributed by atoms with van der Waals surface area (Å²) < 4.78 is 31.3. The largest absolute Gasteiger partial charge is 0.480 e. The van der Waals surface area contributed by atoms with Gasteiger partial charge >= 0.3 is 0 Å². The van der Waals surface area contributed by atoms with Crippen molar-refractivity contribution in [2.45, 2.75) is 11.8 Å². The number of pyridine rings is 1. The molecule has 0 amide bonds. The van der Waals surface area contributed by atoms with Crippen LogP contribution in [-0.2, 0) is 10.0 Å². The highest BCUT2D eigenvalue weighted by Gasteiger charge is 2.19. The lowest BCUT2D eigenvalue weighted by molar-refractivity contribution is 0.384. The van der Waals surface area contributed by atoms with Crippen LogP contribution in [0.3, 0.4) is 0 Å². The molecule has 0 aliphatic carbocycles. The average Bonchev–Trinajstić information content (AvgIpc) is 2.17. The lowest BCUT2D eigenvalue weighted by atomic mass is 10.5. The van der Waals surface area contributed by atoms with Gasteiger partial charge in [0, 0.05) is 17.2 Å². The Morgan fingerprint density at radius 3 is 2.80 bits per heavy atom. The molecule has 0 fully saturated rings. The number of nitrogens with zero attached hydrogens (tertiary/aromatic N) is 1. The van der Waals surface area contributed by atoms with E-state index < -0.39 is 10.0 Å². The Morgan fingerprint density at radius 2 is 2.27 bits per heavy atom. The van der Waals surface area contributed by atoms with E-state index in [4.69, 9.17) is 4.74 Å². The minimum Gasteiger partial charge on any atom is -0.480 e. The van der Waals surface area contributed by atoms with Crippen LogP contribution in [0.25, 0.3) is 0 Å². The number of aromatic nitrogens is 1. The summed E-state index contributed by atoms with van der Waals surface area (Å²) in [7, 11) is -2.17. The molecule has 0 aliphatic heterocycles. The molecule has 0 spiro atoms. The van der Waals surface area contributed by atoms with Gasteiger partial charge in [-0.1, -0.05) is 6.92 Å². The van der Waals surface area contributed by atoms with Gasteiger partial charge in [0.15, 0.2) is 0 Å². The van der Waals surface area contributed by atoms with Crippen molar-refractivity contribution >= 4 is 26.0 Å². The molecular weight excluding hydrogens is 284 g/mol. The van der Waals surface area contributed by atoms with E-state index in [9.17, 15) is 8.42 Å². The number of nitrogens with one attached hydrogen (secondary N) is 1. The molecule has 1 N–H and O–H groups in total. The van der Waals surface area contributed by atoms with Crippen LogP contribution in [-0.4, -0.2) is 27.1 Å². The van der Waals surface area contributed by atoms with Crippen LogP contribution >= 0.6 is 15.9 Å². The highest BCUT2D eigenvalue weighted by molar-refractivity contribution is 9.10. The first kappa shape index (κ1) is 12.4. The molecule has 1 rings (SSSR count). The van der Waals surface area contributed by atoms with E-state index in [1.165, 1.54) is 19.4 Å². The quantitative estimate of drug-likeness (QED) is 0.905.